The monoisotopic (exact) mass is 319 g/mol. The van der Waals surface area contributed by atoms with Crippen LogP contribution in [-0.2, 0) is 9.59 Å². The van der Waals surface area contributed by atoms with Crippen molar-refractivity contribution in [2.75, 3.05) is 11.4 Å². The molecule has 2 aromatic carbocycles. The number of aliphatic carboxylic acids is 1. The van der Waals surface area contributed by atoms with Crippen molar-refractivity contribution in [2.45, 2.75) is 6.10 Å². The molecule has 0 radical (unpaired) electrons. The standard InChI is InChI=1S/C16H14ClNO4/c17-12-8-4-5-9-13(12)18(10-14(19)20)16(22)15(21)11-6-2-1-3-7-11/h1-9,15,21H,10H2,(H,19,20). The summed E-state index contributed by atoms with van der Waals surface area (Å²) in [7, 11) is 0. The van der Waals surface area contributed by atoms with Gasteiger partial charge in [0.25, 0.3) is 5.91 Å². The summed E-state index contributed by atoms with van der Waals surface area (Å²) in [5.74, 6) is -1.95. The lowest BCUT2D eigenvalue weighted by molar-refractivity contribution is -0.137. The van der Waals surface area contributed by atoms with Crippen molar-refractivity contribution in [3.63, 3.8) is 0 Å². The molecule has 0 heterocycles. The molecule has 2 rings (SSSR count). The van der Waals surface area contributed by atoms with Crippen LogP contribution in [0.3, 0.4) is 0 Å². The van der Waals surface area contributed by atoms with Crippen LogP contribution in [0.4, 0.5) is 5.69 Å². The van der Waals surface area contributed by atoms with Gasteiger partial charge in [0.2, 0.25) is 0 Å². The lowest BCUT2D eigenvalue weighted by Crippen LogP contribution is -2.39. The van der Waals surface area contributed by atoms with E-state index in [1.165, 1.54) is 6.07 Å². The van der Waals surface area contributed by atoms with E-state index in [0.717, 1.165) is 4.90 Å². The zero-order chi connectivity index (χ0) is 16.1. The van der Waals surface area contributed by atoms with Crippen molar-refractivity contribution in [3.05, 3.63) is 65.2 Å². The van der Waals surface area contributed by atoms with E-state index in [0.29, 0.717) is 5.56 Å². The van der Waals surface area contributed by atoms with Gasteiger partial charge in [0.05, 0.1) is 10.7 Å². The Morgan fingerprint density at radius 2 is 1.64 bits per heavy atom. The van der Waals surface area contributed by atoms with Crippen molar-refractivity contribution in [1.29, 1.82) is 0 Å². The van der Waals surface area contributed by atoms with E-state index in [4.69, 9.17) is 16.7 Å². The van der Waals surface area contributed by atoms with E-state index < -0.39 is 24.5 Å². The Balaban J connectivity index is 2.35. The van der Waals surface area contributed by atoms with Crippen LogP contribution >= 0.6 is 11.6 Å². The quantitative estimate of drug-likeness (QED) is 0.887. The molecule has 0 saturated carbocycles. The molecule has 5 nitrogen and oxygen atoms in total. The summed E-state index contributed by atoms with van der Waals surface area (Å²) in [6, 6.07) is 14.7. The third kappa shape index (κ3) is 3.63. The fourth-order valence-corrected chi connectivity index (χ4v) is 2.25. The average Bonchev–Trinajstić information content (AvgIpc) is 2.52. The second-order valence-electron chi connectivity index (χ2n) is 4.58. The van der Waals surface area contributed by atoms with Crippen LogP contribution in [0.15, 0.2) is 54.6 Å². The fourth-order valence-electron chi connectivity index (χ4n) is 2.01. The van der Waals surface area contributed by atoms with Crippen LogP contribution in [0.2, 0.25) is 5.02 Å². The maximum Gasteiger partial charge on any atom is 0.323 e. The summed E-state index contributed by atoms with van der Waals surface area (Å²) in [4.78, 5) is 24.5. The zero-order valence-corrected chi connectivity index (χ0v) is 12.3. The molecule has 0 bridgehead atoms. The van der Waals surface area contributed by atoms with Crippen molar-refractivity contribution in [3.8, 4) is 0 Å². The van der Waals surface area contributed by atoms with Gasteiger partial charge in [-0.25, -0.2) is 0 Å². The molecule has 0 aromatic heterocycles. The number of halogens is 1. The first kappa shape index (κ1) is 16.0. The van der Waals surface area contributed by atoms with Gasteiger partial charge in [-0.3, -0.25) is 14.5 Å². The molecule has 1 unspecified atom stereocenters. The summed E-state index contributed by atoms with van der Waals surface area (Å²) in [5.41, 5.74) is 0.626. The number of benzene rings is 2. The molecule has 0 aliphatic rings. The van der Waals surface area contributed by atoms with Crippen LogP contribution in [0.25, 0.3) is 0 Å². The molecule has 1 amide bonds. The number of carboxylic acids is 1. The summed E-state index contributed by atoms with van der Waals surface area (Å²) >= 11 is 6.03. The van der Waals surface area contributed by atoms with Crippen molar-refractivity contribution < 1.29 is 19.8 Å². The number of aliphatic hydroxyl groups is 1. The Morgan fingerprint density at radius 3 is 2.23 bits per heavy atom. The topological polar surface area (TPSA) is 77.8 Å². The lowest BCUT2D eigenvalue weighted by Gasteiger charge is -2.24. The normalized spacial score (nSPS) is 11.7. The van der Waals surface area contributed by atoms with Gasteiger partial charge < -0.3 is 10.2 Å². The molecule has 6 heteroatoms. The SMILES string of the molecule is O=C(O)CN(C(=O)C(O)c1ccccc1)c1ccccc1Cl. The number of para-hydroxylation sites is 1. The maximum absolute atomic E-state index is 12.5. The number of carbonyl (C=O) groups excluding carboxylic acids is 1. The smallest absolute Gasteiger partial charge is 0.323 e. The molecule has 114 valence electrons. The Hall–Kier alpha value is -2.37. The molecule has 0 aliphatic heterocycles. The van der Waals surface area contributed by atoms with E-state index in [-0.39, 0.29) is 10.7 Å². The first-order valence-electron chi connectivity index (χ1n) is 6.51. The lowest BCUT2D eigenvalue weighted by atomic mass is 10.1. The third-order valence-electron chi connectivity index (χ3n) is 3.05. The van der Waals surface area contributed by atoms with E-state index in [9.17, 15) is 14.7 Å². The second-order valence-corrected chi connectivity index (χ2v) is 4.99. The van der Waals surface area contributed by atoms with Gasteiger partial charge in [-0.05, 0) is 17.7 Å². The summed E-state index contributed by atoms with van der Waals surface area (Å²) < 4.78 is 0. The largest absolute Gasteiger partial charge is 0.480 e. The highest BCUT2D eigenvalue weighted by Gasteiger charge is 2.27. The number of carboxylic acid groups (broad SMARTS) is 1. The van der Waals surface area contributed by atoms with Crippen LogP contribution in [0.1, 0.15) is 11.7 Å². The Morgan fingerprint density at radius 1 is 1.05 bits per heavy atom. The highest BCUT2D eigenvalue weighted by molar-refractivity contribution is 6.34. The molecule has 0 fully saturated rings. The number of hydrogen-bond donors (Lipinski definition) is 2. The number of nitrogens with zero attached hydrogens (tertiary/aromatic N) is 1. The molecular formula is C16H14ClNO4. The van der Waals surface area contributed by atoms with E-state index in [2.05, 4.69) is 0 Å². The Labute approximate surface area is 132 Å². The highest BCUT2D eigenvalue weighted by Crippen LogP contribution is 2.28. The molecule has 22 heavy (non-hydrogen) atoms. The molecule has 1 atom stereocenters. The Kier molecular flexibility index (Phi) is 5.14. The van der Waals surface area contributed by atoms with E-state index in [1.807, 2.05) is 0 Å². The van der Waals surface area contributed by atoms with Crippen molar-refractivity contribution in [1.82, 2.24) is 0 Å². The minimum absolute atomic E-state index is 0.234. The van der Waals surface area contributed by atoms with E-state index in [1.54, 1.807) is 48.5 Å². The number of aliphatic hydroxyl groups excluding tert-OH is 1. The minimum atomic E-state index is -1.46. The number of carbonyl (C=O) groups is 2. The molecule has 0 saturated heterocycles. The molecule has 2 aromatic rings. The maximum atomic E-state index is 12.5. The van der Waals surface area contributed by atoms with Gasteiger partial charge in [-0.15, -0.1) is 0 Å². The van der Waals surface area contributed by atoms with Crippen molar-refractivity contribution >= 4 is 29.2 Å². The predicted octanol–water partition coefficient (Wildman–Crippen LogP) is 2.49. The van der Waals surface area contributed by atoms with Gasteiger partial charge in [0.1, 0.15) is 6.54 Å². The van der Waals surface area contributed by atoms with E-state index >= 15 is 0 Å². The predicted molar refractivity (Wildman–Crippen MR) is 82.8 cm³/mol. The second kappa shape index (κ2) is 7.06. The van der Waals surface area contributed by atoms with Gasteiger partial charge >= 0.3 is 5.97 Å². The van der Waals surface area contributed by atoms with Crippen molar-refractivity contribution in [2.24, 2.45) is 0 Å². The molecule has 2 N–H and O–H groups in total. The molecule has 0 spiro atoms. The van der Waals surface area contributed by atoms with Gasteiger partial charge in [0, 0.05) is 0 Å². The van der Waals surface area contributed by atoms with Gasteiger partial charge in [-0.1, -0.05) is 54.1 Å². The van der Waals surface area contributed by atoms with Gasteiger partial charge in [-0.2, -0.15) is 0 Å². The zero-order valence-electron chi connectivity index (χ0n) is 11.5. The van der Waals surface area contributed by atoms with Crippen LogP contribution in [0.5, 0.6) is 0 Å². The summed E-state index contributed by atoms with van der Waals surface area (Å²) in [6.07, 6.45) is -1.46. The number of hydrogen-bond acceptors (Lipinski definition) is 3. The fraction of sp³-hybridized carbons (Fsp3) is 0.125. The third-order valence-corrected chi connectivity index (χ3v) is 3.37. The Bertz CT molecular complexity index is 675. The molecule has 0 aliphatic carbocycles. The minimum Gasteiger partial charge on any atom is -0.480 e. The van der Waals surface area contributed by atoms with Crippen LogP contribution in [0, 0.1) is 0 Å². The average molecular weight is 320 g/mol. The first-order valence-corrected chi connectivity index (χ1v) is 6.89. The molecular weight excluding hydrogens is 306 g/mol. The first-order chi connectivity index (χ1) is 10.5. The highest BCUT2D eigenvalue weighted by atomic mass is 35.5. The number of amides is 1. The summed E-state index contributed by atoms with van der Waals surface area (Å²) in [5, 5.41) is 19.4. The number of anilines is 1. The van der Waals surface area contributed by atoms with Crippen LogP contribution in [-0.4, -0.2) is 28.6 Å². The van der Waals surface area contributed by atoms with Crippen LogP contribution < -0.4 is 4.90 Å². The number of rotatable bonds is 5. The van der Waals surface area contributed by atoms with Gasteiger partial charge in [0.15, 0.2) is 6.10 Å². The summed E-state index contributed by atoms with van der Waals surface area (Å²) in [6.45, 7) is -0.591.